The molecule has 0 radical (unpaired) electrons. The van der Waals surface area contributed by atoms with Gasteiger partial charge in [0.15, 0.2) is 0 Å². The lowest BCUT2D eigenvalue weighted by atomic mass is 9.97. The molecule has 0 fully saturated rings. The van der Waals surface area contributed by atoms with E-state index >= 15 is 0 Å². The number of fused-ring (bicyclic) bond motifs is 1. The molecule has 0 aromatic heterocycles. The van der Waals surface area contributed by atoms with Crippen LogP contribution in [0.3, 0.4) is 0 Å². The van der Waals surface area contributed by atoms with Crippen molar-refractivity contribution in [2.45, 2.75) is 33.0 Å². The maximum atomic E-state index is 12.0. The number of aryl methyl sites for hydroxylation is 1. The van der Waals surface area contributed by atoms with Crippen molar-refractivity contribution in [2.75, 3.05) is 0 Å². The molecule has 2 rings (SSSR count). The van der Waals surface area contributed by atoms with Crippen LogP contribution in [0.15, 0.2) is 36.4 Å². The van der Waals surface area contributed by atoms with Gasteiger partial charge in [-0.15, -0.1) is 10.1 Å². The van der Waals surface area contributed by atoms with E-state index in [2.05, 4.69) is 10.9 Å². The predicted molar refractivity (Wildman–Crippen MR) is 80.7 cm³/mol. The second-order valence-corrected chi connectivity index (χ2v) is 5.17. The molecule has 22 heavy (non-hydrogen) atoms. The maximum Gasteiger partial charge on any atom is 0.315 e. The molecule has 0 saturated carbocycles. The van der Waals surface area contributed by atoms with Crippen LogP contribution >= 0.6 is 0 Å². The lowest BCUT2D eigenvalue weighted by molar-refractivity contribution is -0.777. The second kappa shape index (κ2) is 6.43. The minimum absolute atomic E-state index is 0.538. The fraction of sp³-hybridized carbons (Fsp3) is 0.312. The normalized spacial score (nSPS) is 13.4. The first-order valence-electron chi connectivity index (χ1n) is 6.89. The topological polar surface area (TPSA) is 78.7 Å². The molecule has 0 saturated heterocycles. The first kappa shape index (κ1) is 15.8. The maximum absolute atomic E-state index is 12.0. The molecule has 6 heteroatoms. The molecule has 0 aliphatic heterocycles. The van der Waals surface area contributed by atoms with Crippen molar-refractivity contribution in [1.82, 2.24) is 0 Å². The van der Waals surface area contributed by atoms with Crippen LogP contribution in [0.25, 0.3) is 10.8 Å². The Balaban J connectivity index is 2.14. The van der Waals surface area contributed by atoms with Gasteiger partial charge in [-0.25, -0.2) is 0 Å². The van der Waals surface area contributed by atoms with Gasteiger partial charge >= 0.3 is 5.97 Å². The third kappa shape index (κ3) is 3.72. The Morgan fingerprint density at radius 3 is 2.45 bits per heavy atom. The minimum atomic E-state index is -1.23. The zero-order chi connectivity index (χ0) is 16.3. The largest absolute Gasteiger partial charge is 0.435 e. The molecule has 0 spiro atoms. The zero-order valence-electron chi connectivity index (χ0n) is 12.6. The Labute approximate surface area is 127 Å². The van der Waals surface area contributed by atoms with Crippen LogP contribution in [0.4, 0.5) is 0 Å². The smallest absolute Gasteiger partial charge is 0.315 e. The molecule has 0 aliphatic carbocycles. The number of esters is 1. The third-order valence-corrected chi connectivity index (χ3v) is 3.39. The van der Waals surface area contributed by atoms with Gasteiger partial charge in [-0.3, -0.25) is 9.63 Å². The molecule has 0 amide bonds. The number of hydrogen-bond acceptors (Lipinski definition) is 5. The second-order valence-electron chi connectivity index (χ2n) is 5.17. The molecule has 116 valence electrons. The number of benzene rings is 2. The van der Waals surface area contributed by atoms with E-state index in [0.29, 0.717) is 0 Å². The first-order chi connectivity index (χ1) is 10.4. The van der Waals surface area contributed by atoms with Crippen molar-refractivity contribution in [2.24, 2.45) is 0 Å². The average molecular weight is 303 g/mol. The molecule has 6 nitrogen and oxygen atoms in total. The molecule has 2 aromatic carbocycles. The van der Waals surface area contributed by atoms with E-state index in [1.165, 1.54) is 12.5 Å². The molecule has 2 aromatic rings. The quantitative estimate of drug-likeness (QED) is 0.366. The summed E-state index contributed by atoms with van der Waals surface area (Å²) in [4.78, 5) is 26.4. The fourth-order valence-electron chi connectivity index (χ4n) is 2.20. The Bertz CT molecular complexity index is 713. The van der Waals surface area contributed by atoms with E-state index in [1.54, 1.807) is 6.92 Å². The summed E-state index contributed by atoms with van der Waals surface area (Å²) < 4.78 is 4.91. The number of carbonyl (C=O) groups excluding carboxylic acids is 1. The summed E-state index contributed by atoms with van der Waals surface area (Å²) in [6, 6.07) is 11.8. The van der Waals surface area contributed by atoms with E-state index in [1.807, 2.05) is 37.3 Å². The Hall–Kier alpha value is -2.63. The summed E-state index contributed by atoms with van der Waals surface area (Å²) >= 11 is 0. The van der Waals surface area contributed by atoms with Gasteiger partial charge in [0.2, 0.25) is 6.29 Å². The fourth-order valence-corrected chi connectivity index (χ4v) is 2.20. The SMILES string of the molecule is Cc1ccc2cc([C@H](C)C(=O)OC(C)O[N+](=O)[O-])ccc2c1. The molecular weight excluding hydrogens is 286 g/mol. The van der Waals surface area contributed by atoms with E-state index < -0.39 is 23.3 Å². The summed E-state index contributed by atoms with van der Waals surface area (Å²) in [6.07, 6.45) is -1.23. The number of nitrogens with zero attached hydrogens (tertiary/aromatic N) is 1. The highest BCUT2D eigenvalue weighted by atomic mass is 17.0. The van der Waals surface area contributed by atoms with Gasteiger partial charge in [0.05, 0.1) is 5.92 Å². The monoisotopic (exact) mass is 303 g/mol. The Morgan fingerprint density at radius 2 is 1.77 bits per heavy atom. The van der Waals surface area contributed by atoms with Crippen LogP contribution in [0.2, 0.25) is 0 Å². The van der Waals surface area contributed by atoms with Crippen LogP contribution in [-0.2, 0) is 14.4 Å². The summed E-state index contributed by atoms with van der Waals surface area (Å²) in [5.41, 5.74) is 1.95. The van der Waals surface area contributed by atoms with Crippen LogP contribution in [0.1, 0.15) is 30.9 Å². The lowest BCUT2D eigenvalue weighted by Gasteiger charge is -2.16. The molecular formula is C16H17NO5. The molecule has 0 bridgehead atoms. The van der Waals surface area contributed by atoms with Crippen LogP contribution in [0, 0.1) is 17.0 Å². The highest BCUT2D eigenvalue weighted by Gasteiger charge is 2.21. The van der Waals surface area contributed by atoms with Gasteiger partial charge in [0.25, 0.3) is 5.09 Å². The highest BCUT2D eigenvalue weighted by Crippen LogP contribution is 2.24. The van der Waals surface area contributed by atoms with Crippen molar-refractivity contribution < 1.29 is 19.5 Å². The molecule has 0 N–H and O–H groups in total. The summed E-state index contributed by atoms with van der Waals surface area (Å²) in [7, 11) is 0. The molecule has 2 atom stereocenters. The van der Waals surface area contributed by atoms with Crippen molar-refractivity contribution in [3.63, 3.8) is 0 Å². The van der Waals surface area contributed by atoms with Crippen molar-refractivity contribution in [3.8, 4) is 0 Å². The standard InChI is InChI=1S/C16H17NO5/c1-10-4-5-15-9-13(6-7-14(15)8-10)11(2)16(18)21-12(3)22-17(19)20/h4-9,11-12H,1-3H3/t11-,12?/m0/s1. The van der Waals surface area contributed by atoms with Gasteiger partial charge in [-0.05, 0) is 37.1 Å². The summed E-state index contributed by atoms with van der Waals surface area (Å²) in [6.45, 7) is 5.01. The number of rotatable bonds is 5. The van der Waals surface area contributed by atoms with E-state index in [0.717, 1.165) is 16.3 Å². The van der Waals surface area contributed by atoms with Gasteiger partial charge in [-0.1, -0.05) is 42.0 Å². The van der Waals surface area contributed by atoms with Gasteiger partial charge in [0.1, 0.15) is 0 Å². The molecule has 0 aliphatic rings. The molecule has 0 heterocycles. The first-order valence-corrected chi connectivity index (χ1v) is 6.89. The summed E-state index contributed by atoms with van der Waals surface area (Å²) in [5, 5.41) is 11.3. The lowest BCUT2D eigenvalue weighted by Crippen LogP contribution is -2.23. The summed E-state index contributed by atoms with van der Waals surface area (Å²) in [5.74, 6) is -1.11. The van der Waals surface area contributed by atoms with E-state index in [-0.39, 0.29) is 0 Å². The minimum Gasteiger partial charge on any atom is -0.435 e. The van der Waals surface area contributed by atoms with Crippen LogP contribution < -0.4 is 0 Å². The van der Waals surface area contributed by atoms with Crippen molar-refractivity contribution in [1.29, 1.82) is 0 Å². The predicted octanol–water partition coefficient (Wildman–Crippen LogP) is 3.35. The Kier molecular flexibility index (Phi) is 4.60. The number of carbonyl (C=O) groups is 1. The number of ether oxygens (including phenoxy) is 1. The van der Waals surface area contributed by atoms with Gasteiger partial charge in [-0.2, -0.15) is 0 Å². The van der Waals surface area contributed by atoms with Crippen LogP contribution in [0.5, 0.6) is 0 Å². The average Bonchev–Trinajstić information content (AvgIpc) is 2.44. The third-order valence-electron chi connectivity index (χ3n) is 3.39. The van der Waals surface area contributed by atoms with E-state index in [4.69, 9.17) is 4.74 Å². The molecule has 1 unspecified atom stereocenters. The van der Waals surface area contributed by atoms with E-state index in [9.17, 15) is 14.9 Å². The van der Waals surface area contributed by atoms with Gasteiger partial charge < -0.3 is 4.74 Å². The van der Waals surface area contributed by atoms with Crippen LogP contribution in [-0.4, -0.2) is 17.3 Å². The Morgan fingerprint density at radius 1 is 1.14 bits per heavy atom. The van der Waals surface area contributed by atoms with Crippen molar-refractivity contribution >= 4 is 16.7 Å². The van der Waals surface area contributed by atoms with Crippen molar-refractivity contribution in [3.05, 3.63) is 57.6 Å². The van der Waals surface area contributed by atoms with Gasteiger partial charge in [0, 0.05) is 0 Å². The zero-order valence-corrected chi connectivity index (χ0v) is 12.6. The number of hydrogen-bond donors (Lipinski definition) is 0. The highest BCUT2D eigenvalue weighted by molar-refractivity contribution is 5.86.